The van der Waals surface area contributed by atoms with Gasteiger partial charge in [0.1, 0.15) is 12.1 Å². The number of rotatable bonds is 3. The van der Waals surface area contributed by atoms with Crippen LogP contribution in [0.5, 0.6) is 5.75 Å². The first-order valence-corrected chi connectivity index (χ1v) is 5.07. The Morgan fingerprint density at radius 3 is 3.00 bits per heavy atom. The van der Waals surface area contributed by atoms with Crippen molar-refractivity contribution in [3.63, 3.8) is 0 Å². The predicted octanol–water partition coefficient (Wildman–Crippen LogP) is 1.39. The third-order valence-corrected chi connectivity index (χ3v) is 2.44. The summed E-state index contributed by atoms with van der Waals surface area (Å²) in [5, 5.41) is 8.33. The summed E-state index contributed by atoms with van der Waals surface area (Å²) >= 11 is 5.95. The summed E-state index contributed by atoms with van der Waals surface area (Å²) in [5.74, 6) is 1.35. The molecule has 0 spiro atoms. The highest BCUT2D eigenvalue weighted by Crippen LogP contribution is 2.26. The van der Waals surface area contributed by atoms with E-state index < -0.39 is 0 Å². The third kappa shape index (κ3) is 1.87. The van der Waals surface area contributed by atoms with E-state index in [1.165, 1.54) is 0 Å². The van der Waals surface area contributed by atoms with Crippen LogP contribution >= 0.6 is 11.6 Å². The predicted molar refractivity (Wildman–Crippen MR) is 60.8 cm³/mol. The molecule has 0 amide bonds. The smallest absolute Gasteiger partial charge is 0.151 e. The zero-order valence-corrected chi connectivity index (χ0v) is 9.48. The van der Waals surface area contributed by atoms with Crippen LogP contribution in [0.4, 0.5) is 0 Å². The van der Waals surface area contributed by atoms with Crippen LogP contribution in [0.1, 0.15) is 5.82 Å². The Kier molecular flexibility index (Phi) is 3.07. The van der Waals surface area contributed by atoms with Crippen molar-refractivity contribution < 1.29 is 4.74 Å². The highest BCUT2D eigenvalue weighted by molar-refractivity contribution is 6.30. The summed E-state index contributed by atoms with van der Waals surface area (Å²) in [6.45, 7) is 0.301. The molecule has 0 aliphatic carbocycles. The van der Waals surface area contributed by atoms with E-state index in [9.17, 15) is 0 Å². The molecular weight excluding hydrogens is 228 g/mol. The standard InChI is InChI=1S/C10H11ClN4O/c1-16-9-3-2-7(11)4-8(9)15-6-13-14-10(15)5-12/h2-4,6H,5,12H2,1H3. The quantitative estimate of drug-likeness (QED) is 0.878. The zero-order valence-electron chi connectivity index (χ0n) is 8.72. The average Bonchev–Trinajstić information content (AvgIpc) is 2.76. The molecule has 0 bridgehead atoms. The van der Waals surface area contributed by atoms with Crippen LogP contribution in [0.15, 0.2) is 24.5 Å². The number of nitrogens with zero attached hydrogens (tertiary/aromatic N) is 3. The van der Waals surface area contributed by atoms with E-state index in [4.69, 9.17) is 22.1 Å². The second kappa shape index (κ2) is 4.51. The third-order valence-electron chi connectivity index (χ3n) is 2.20. The van der Waals surface area contributed by atoms with Crippen LogP contribution < -0.4 is 10.5 Å². The number of methoxy groups -OCH3 is 1. The molecule has 0 fully saturated rings. The van der Waals surface area contributed by atoms with Crippen LogP contribution in [-0.2, 0) is 6.54 Å². The van der Waals surface area contributed by atoms with Gasteiger partial charge in [0.2, 0.25) is 0 Å². The highest BCUT2D eigenvalue weighted by Gasteiger charge is 2.10. The maximum atomic E-state index is 5.95. The van der Waals surface area contributed by atoms with Crippen LogP contribution in [0.2, 0.25) is 5.02 Å². The van der Waals surface area contributed by atoms with Crippen molar-refractivity contribution >= 4 is 11.6 Å². The van der Waals surface area contributed by atoms with Gasteiger partial charge in [0.25, 0.3) is 0 Å². The van der Waals surface area contributed by atoms with E-state index in [-0.39, 0.29) is 0 Å². The molecular formula is C10H11ClN4O. The number of halogens is 1. The van der Waals surface area contributed by atoms with E-state index in [0.29, 0.717) is 23.1 Å². The lowest BCUT2D eigenvalue weighted by Crippen LogP contribution is -2.07. The maximum Gasteiger partial charge on any atom is 0.151 e. The molecule has 1 aromatic heterocycles. The van der Waals surface area contributed by atoms with Crippen molar-refractivity contribution in [3.05, 3.63) is 35.4 Å². The number of benzene rings is 1. The van der Waals surface area contributed by atoms with Gasteiger partial charge in [-0.25, -0.2) is 0 Å². The van der Waals surface area contributed by atoms with Gasteiger partial charge in [-0.3, -0.25) is 4.57 Å². The molecule has 0 saturated carbocycles. The Balaban J connectivity index is 2.58. The van der Waals surface area contributed by atoms with E-state index in [1.807, 2.05) is 0 Å². The fourth-order valence-electron chi connectivity index (χ4n) is 1.45. The first-order chi connectivity index (χ1) is 7.76. The summed E-state index contributed by atoms with van der Waals surface area (Å²) in [4.78, 5) is 0. The highest BCUT2D eigenvalue weighted by atomic mass is 35.5. The fraction of sp³-hybridized carbons (Fsp3) is 0.200. The normalized spacial score (nSPS) is 10.4. The minimum atomic E-state index is 0.301. The monoisotopic (exact) mass is 238 g/mol. The number of nitrogens with two attached hydrogens (primary N) is 1. The summed E-state index contributed by atoms with van der Waals surface area (Å²) in [6, 6.07) is 5.33. The van der Waals surface area contributed by atoms with Crippen molar-refractivity contribution in [2.45, 2.75) is 6.54 Å². The van der Waals surface area contributed by atoms with Gasteiger partial charge >= 0.3 is 0 Å². The molecule has 0 aliphatic heterocycles. The van der Waals surface area contributed by atoms with Gasteiger partial charge in [-0.1, -0.05) is 11.6 Å². The molecule has 0 atom stereocenters. The van der Waals surface area contributed by atoms with Gasteiger partial charge < -0.3 is 10.5 Å². The number of ether oxygens (including phenoxy) is 1. The molecule has 1 heterocycles. The fourth-order valence-corrected chi connectivity index (χ4v) is 1.62. The van der Waals surface area contributed by atoms with Gasteiger partial charge in [0.15, 0.2) is 5.82 Å². The molecule has 0 unspecified atom stereocenters. The van der Waals surface area contributed by atoms with Crippen molar-refractivity contribution in [3.8, 4) is 11.4 Å². The first kappa shape index (κ1) is 10.9. The summed E-state index contributed by atoms with van der Waals surface area (Å²) in [7, 11) is 1.60. The second-order valence-corrected chi connectivity index (χ2v) is 3.57. The van der Waals surface area contributed by atoms with Crippen LogP contribution in [-0.4, -0.2) is 21.9 Å². The Hall–Kier alpha value is -1.59. The molecule has 0 radical (unpaired) electrons. The maximum absolute atomic E-state index is 5.95. The van der Waals surface area contributed by atoms with Gasteiger partial charge in [-0.2, -0.15) is 0 Å². The van der Waals surface area contributed by atoms with Gasteiger partial charge in [-0.05, 0) is 18.2 Å². The minimum absolute atomic E-state index is 0.301. The molecule has 84 valence electrons. The number of hydrogen-bond donors (Lipinski definition) is 1. The SMILES string of the molecule is COc1ccc(Cl)cc1-n1cnnc1CN. The molecule has 2 aromatic rings. The van der Waals surface area contributed by atoms with Crippen molar-refractivity contribution in [1.29, 1.82) is 0 Å². The number of hydrogen-bond acceptors (Lipinski definition) is 4. The first-order valence-electron chi connectivity index (χ1n) is 4.69. The summed E-state index contributed by atoms with van der Waals surface area (Å²) in [6.07, 6.45) is 1.58. The number of aromatic nitrogens is 3. The van der Waals surface area contributed by atoms with E-state index >= 15 is 0 Å². The van der Waals surface area contributed by atoms with E-state index in [0.717, 1.165) is 5.69 Å². The molecule has 6 heteroatoms. The second-order valence-electron chi connectivity index (χ2n) is 3.14. The lowest BCUT2D eigenvalue weighted by molar-refractivity contribution is 0.412. The van der Waals surface area contributed by atoms with Crippen molar-refractivity contribution in [2.75, 3.05) is 7.11 Å². The van der Waals surface area contributed by atoms with Gasteiger partial charge in [0.05, 0.1) is 19.3 Å². The Morgan fingerprint density at radius 1 is 1.50 bits per heavy atom. The molecule has 2 N–H and O–H groups in total. The Bertz CT molecular complexity index is 497. The Morgan fingerprint density at radius 2 is 2.31 bits per heavy atom. The molecule has 0 aliphatic rings. The Labute approximate surface area is 97.8 Å². The minimum Gasteiger partial charge on any atom is -0.495 e. The zero-order chi connectivity index (χ0) is 11.5. The topological polar surface area (TPSA) is 66.0 Å². The lowest BCUT2D eigenvalue weighted by atomic mass is 10.3. The van der Waals surface area contributed by atoms with E-state index in [1.54, 1.807) is 36.2 Å². The van der Waals surface area contributed by atoms with Crippen LogP contribution in [0.3, 0.4) is 0 Å². The van der Waals surface area contributed by atoms with Crippen LogP contribution in [0.25, 0.3) is 5.69 Å². The molecule has 2 rings (SSSR count). The lowest BCUT2D eigenvalue weighted by Gasteiger charge is -2.10. The summed E-state index contributed by atoms with van der Waals surface area (Å²) in [5.41, 5.74) is 6.34. The average molecular weight is 239 g/mol. The van der Waals surface area contributed by atoms with Gasteiger partial charge in [-0.15, -0.1) is 10.2 Å². The molecule has 0 saturated heterocycles. The molecule has 1 aromatic carbocycles. The van der Waals surface area contributed by atoms with Crippen LogP contribution in [0, 0.1) is 0 Å². The molecule has 5 nitrogen and oxygen atoms in total. The van der Waals surface area contributed by atoms with E-state index in [2.05, 4.69) is 10.2 Å². The van der Waals surface area contributed by atoms with Gasteiger partial charge in [0, 0.05) is 5.02 Å². The van der Waals surface area contributed by atoms with Crippen molar-refractivity contribution in [1.82, 2.24) is 14.8 Å². The largest absolute Gasteiger partial charge is 0.495 e. The van der Waals surface area contributed by atoms with Crippen molar-refractivity contribution in [2.24, 2.45) is 5.73 Å². The molecule has 16 heavy (non-hydrogen) atoms. The summed E-state index contributed by atoms with van der Waals surface area (Å²) < 4.78 is 7.00.